The molecule has 0 saturated carbocycles. The molecule has 1 aromatic heterocycles. The number of phenols is 1. The van der Waals surface area contributed by atoms with Crippen molar-refractivity contribution in [2.45, 2.75) is 13.5 Å². The summed E-state index contributed by atoms with van der Waals surface area (Å²) < 4.78 is 15.2. The number of rotatable bonds is 6. The maximum atomic E-state index is 12.6. The van der Waals surface area contributed by atoms with Crippen LogP contribution in [0.25, 0.3) is 6.08 Å². The monoisotopic (exact) mass is 403 g/mol. The molecule has 0 unspecified atom stereocenters. The van der Waals surface area contributed by atoms with E-state index < -0.39 is 17.1 Å². The van der Waals surface area contributed by atoms with Gasteiger partial charge in [-0.25, -0.2) is 4.79 Å². The minimum absolute atomic E-state index is 0.00689. The van der Waals surface area contributed by atoms with E-state index in [0.717, 1.165) is 16.7 Å². The van der Waals surface area contributed by atoms with Gasteiger partial charge in [-0.15, -0.1) is 0 Å². The molecule has 0 atom stereocenters. The zero-order chi connectivity index (χ0) is 20.3. The molecule has 2 heterocycles. The van der Waals surface area contributed by atoms with E-state index in [1.807, 2.05) is 0 Å². The van der Waals surface area contributed by atoms with E-state index in [-0.39, 0.29) is 28.7 Å². The third-order valence-corrected chi connectivity index (χ3v) is 4.72. The SMILES string of the molecule is CCOc1cc(/C=C2/SC(=O)N(Cc3ccc(C(=O)OC)o3)C2=O)ccc1O. The van der Waals surface area contributed by atoms with E-state index in [4.69, 9.17) is 9.15 Å². The number of hydrogen-bond donors (Lipinski definition) is 1. The van der Waals surface area contributed by atoms with Gasteiger partial charge in [0.2, 0.25) is 5.76 Å². The van der Waals surface area contributed by atoms with E-state index in [9.17, 15) is 19.5 Å². The number of methoxy groups -OCH3 is 1. The van der Waals surface area contributed by atoms with Gasteiger partial charge in [-0.1, -0.05) is 6.07 Å². The number of phenolic OH excluding ortho intramolecular Hbond substituents is 1. The Balaban J connectivity index is 1.78. The molecule has 0 radical (unpaired) electrons. The molecular formula is C19H17NO7S. The minimum atomic E-state index is -0.641. The van der Waals surface area contributed by atoms with E-state index >= 15 is 0 Å². The third kappa shape index (κ3) is 4.04. The van der Waals surface area contributed by atoms with Crippen molar-refractivity contribution < 1.29 is 33.4 Å². The first-order valence-corrected chi connectivity index (χ1v) is 9.12. The summed E-state index contributed by atoms with van der Waals surface area (Å²) in [7, 11) is 1.23. The van der Waals surface area contributed by atoms with Crippen LogP contribution in [-0.2, 0) is 16.1 Å². The molecule has 146 valence electrons. The molecule has 9 heteroatoms. The third-order valence-electron chi connectivity index (χ3n) is 3.82. The van der Waals surface area contributed by atoms with Crippen molar-refractivity contribution in [3.8, 4) is 11.5 Å². The van der Waals surface area contributed by atoms with Gasteiger partial charge in [-0.05, 0) is 54.6 Å². The predicted molar refractivity (Wildman–Crippen MR) is 101 cm³/mol. The van der Waals surface area contributed by atoms with E-state index in [2.05, 4.69) is 4.74 Å². The van der Waals surface area contributed by atoms with Crippen LogP contribution in [0.2, 0.25) is 0 Å². The fraction of sp³-hybridized carbons (Fsp3) is 0.211. The number of hydrogen-bond acceptors (Lipinski definition) is 8. The Bertz CT molecular complexity index is 963. The van der Waals surface area contributed by atoms with Gasteiger partial charge < -0.3 is 19.0 Å². The lowest BCUT2D eigenvalue weighted by atomic mass is 10.2. The van der Waals surface area contributed by atoms with Gasteiger partial charge in [0.25, 0.3) is 11.1 Å². The number of aromatic hydroxyl groups is 1. The lowest BCUT2D eigenvalue weighted by molar-refractivity contribution is -0.123. The Morgan fingerprint density at radius 3 is 2.79 bits per heavy atom. The summed E-state index contributed by atoms with van der Waals surface area (Å²) in [6, 6.07) is 7.58. The van der Waals surface area contributed by atoms with Crippen LogP contribution >= 0.6 is 11.8 Å². The van der Waals surface area contributed by atoms with Crippen LogP contribution in [-0.4, -0.2) is 40.8 Å². The second kappa shape index (κ2) is 8.22. The highest BCUT2D eigenvalue weighted by Crippen LogP contribution is 2.35. The van der Waals surface area contributed by atoms with Crippen molar-refractivity contribution >= 4 is 35.0 Å². The molecule has 0 spiro atoms. The van der Waals surface area contributed by atoms with Crippen LogP contribution in [0.1, 0.15) is 28.8 Å². The molecule has 3 rings (SSSR count). The van der Waals surface area contributed by atoms with Crippen LogP contribution in [0, 0.1) is 0 Å². The Morgan fingerprint density at radius 2 is 2.07 bits per heavy atom. The number of carbonyl (C=O) groups is 3. The molecule has 0 aliphatic carbocycles. The predicted octanol–water partition coefficient (Wildman–Crippen LogP) is 3.41. The smallest absolute Gasteiger partial charge is 0.373 e. The number of amides is 2. The van der Waals surface area contributed by atoms with Gasteiger partial charge in [0.05, 0.1) is 25.2 Å². The number of thioether (sulfide) groups is 1. The van der Waals surface area contributed by atoms with Crippen LogP contribution in [0.15, 0.2) is 39.7 Å². The van der Waals surface area contributed by atoms with E-state index in [1.54, 1.807) is 25.1 Å². The first kappa shape index (κ1) is 19.6. The Labute approximate surface area is 164 Å². The van der Waals surface area contributed by atoms with Gasteiger partial charge in [-0.2, -0.15) is 0 Å². The van der Waals surface area contributed by atoms with Crippen molar-refractivity contribution in [2.75, 3.05) is 13.7 Å². The zero-order valence-corrected chi connectivity index (χ0v) is 15.9. The molecule has 28 heavy (non-hydrogen) atoms. The number of imide groups is 1. The Morgan fingerprint density at radius 1 is 1.29 bits per heavy atom. The molecule has 8 nitrogen and oxygen atoms in total. The minimum Gasteiger partial charge on any atom is -0.504 e. The van der Waals surface area contributed by atoms with E-state index in [0.29, 0.717) is 17.9 Å². The highest BCUT2D eigenvalue weighted by atomic mass is 32.2. The van der Waals surface area contributed by atoms with Gasteiger partial charge in [0.15, 0.2) is 11.5 Å². The van der Waals surface area contributed by atoms with Gasteiger partial charge in [-0.3, -0.25) is 14.5 Å². The summed E-state index contributed by atoms with van der Waals surface area (Å²) in [6.07, 6.45) is 1.55. The molecule has 1 N–H and O–H groups in total. The molecule has 0 bridgehead atoms. The number of carbonyl (C=O) groups excluding carboxylic acids is 3. The summed E-state index contributed by atoms with van der Waals surface area (Å²) in [5.74, 6) is -0.553. The van der Waals surface area contributed by atoms with Gasteiger partial charge >= 0.3 is 5.97 Å². The fourth-order valence-electron chi connectivity index (χ4n) is 2.51. The largest absolute Gasteiger partial charge is 0.504 e. The summed E-state index contributed by atoms with van der Waals surface area (Å²) in [4.78, 5) is 37.5. The highest BCUT2D eigenvalue weighted by Gasteiger charge is 2.35. The molecule has 1 fully saturated rings. The molecule has 1 aromatic carbocycles. The Hall–Kier alpha value is -3.20. The van der Waals surface area contributed by atoms with Crippen molar-refractivity contribution in [3.63, 3.8) is 0 Å². The zero-order valence-electron chi connectivity index (χ0n) is 15.1. The number of nitrogens with zero attached hydrogens (tertiary/aromatic N) is 1. The van der Waals surface area contributed by atoms with E-state index in [1.165, 1.54) is 25.3 Å². The van der Waals surface area contributed by atoms with Gasteiger partial charge in [0, 0.05) is 0 Å². The number of furan rings is 1. The highest BCUT2D eigenvalue weighted by molar-refractivity contribution is 8.18. The summed E-state index contributed by atoms with van der Waals surface area (Å²) in [5.41, 5.74) is 0.609. The normalized spacial score (nSPS) is 15.4. The number of ether oxygens (including phenoxy) is 2. The number of esters is 1. The van der Waals surface area contributed by atoms with Crippen LogP contribution < -0.4 is 4.74 Å². The summed E-state index contributed by atoms with van der Waals surface area (Å²) >= 11 is 0.799. The first-order valence-electron chi connectivity index (χ1n) is 8.31. The molecule has 2 aromatic rings. The number of benzene rings is 1. The standard InChI is InChI=1S/C19H17NO7S/c1-3-26-15-8-11(4-6-13(15)21)9-16-17(22)20(19(24)28-16)10-12-5-7-14(27-12)18(23)25-2/h4-9,21H,3,10H2,1-2H3/b16-9+. The van der Waals surface area contributed by atoms with Gasteiger partial charge in [0.1, 0.15) is 5.76 Å². The fourth-order valence-corrected chi connectivity index (χ4v) is 3.35. The molecule has 2 amide bonds. The maximum absolute atomic E-state index is 12.6. The lowest BCUT2D eigenvalue weighted by Crippen LogP contribution is -2.27. The first-order chi connectivity index (χ1) is 13.4. The summed E-state index contributed by atoms with van der Waals surface area (Å²) in [5, 5.41) is 9.31. The second-order valence-corrected chi connectivity index (χ2v) is 6.68. The summed E-state index contributed by atoms with van der Waals surface area (Å²) in [6.45, 7) is 2.07. The van der Waals surface area contributed by atoms with Crippen LogP contribution in [0.5, 0.6) is 11.5 Å². The maximum Gasteiger partial charge on any atom is 0.373 e. The second-order valence-electron chi connectivity index (χ2n) is 5.69. The lowest BCUT2D eigenvalue weighted by Gasteiger charge is -2.10. The molecule has 1 aliphatic rings. The van der Waals surface area contributed by atoms with Crippen molar-refractivity contribution in [3.05, 3.63) is 52.3 Å². The average molecular weight is 403 g/mol. The van der Waals surface area contributed by atoms with Crippen LogP contribution in [0.3, 0.4) is 0 Å². The van der Waals surface area contributed by atoms with Crippen LogP contribution in [0.4, 0.5) is 4.79 Å². The quantitative estimate of drug-likeness (QED) is 0.578. The molecule has 1 saturated heterocycles. The topological polar surface area (TPSA) is 106 Å². The van der Waals surface area contributed by atoms with Crippen molar-refractivity contribution in [2.24, 2.45) is 0 Å². The molecular weight excluding hydrogens is 386 g/mol. The average Bonchev–Trinajstić information content (AvgIpc) is 3.25. The molecule has 1 aliphatic heterocycles. The van der Waals surface area contributed by atoms with Crippen molar-refractivity contribution in [1.82, 2.24) is 4.90 Å². The van der Waals surface area contributed by atoms with Crippen molar-refractivity contribution in [1.29, 1.82) is 0 Å². The Kier molecular flexibility index (Phi) is 5.74.